The van der Waals surface area contributed by atoms with Crippen molar-refractivity contribution in [2.24, 2.45) is 11.8 Å². The Kier molecular flexibility index (Phi) is 10.4. The summed E-state index contributed by atoms with van der Waals surface area (Å²) >= 11 is 0. The van der Waals surface area contributed by atoms with Crippen molar-refractivity contribution in [2.45, 2.75) is 82.8 Å². The van der Waals surface area contributed by atoms with E-state index in [4.69, 9.17) is 0 Å². The SMILES string of the molecule is COC(=O)CC/C=C\CC[C@H]1C(=O)C[C@@H](O)[C@@H]1/C=C/C[C@@](C)(O)/C=C/C1=CCCCC1. The van der Waals surface area contributed by atoms with Crippen molar-refractivity contribution < 1.29 is 24.5 Å². The molecule has 2 aliphatic carbocycles. The summed E-state index contributed by atoms with van der Waals surface area (Å²) in [7, 11) is 1.38. The van der Waals surface area contributed by atoms with Gasteiger partial charge in [0.25, 0.3) is 0 Å². The van der Waals surface area contributed by atoms with Crippen LogP contribution in [0.25, 0.3) is 0 Å². The minimum absolute atomic E-state index is 0.0982. The first-order valence-corrected chi connectivity index (χ1v) is 11.5. The van der Waals surface area contributed by atoms with Gasteiger partial charge in [0.15, 0.2) is 0 Å². The molecule has 0 amide bonds. The van der Waals surface area contributed by atoms with Crippen molar-refractivity contribution in [1.82, 2.24) is 0 Å². The highest BCUT2D eigenvalue weighted by molar-refractivity contribution is 5.84. The van der Waals surface area contributed by atoms with Crippen molar-refractivity contribution in [2.75, 3.05) is 7.11 Å². The van der Waals surface area contributed by atoms with Crippen molar-refractivity contribution in [3.05, 3.63) is 48.1 Å². The first-order chi connectivity index (χ1) is 14.8. The third-order valence-corrected chi connectivity index (χ3v) is 6.16. The van der Waals surface area contributed by atoms with Gasteiger partial charge < -0.3 is 14.9 Å². The minimum Gasteiger partial charge on any atom is -0.469 e. The lowest BCUT2D eigenvalue weighted by atomic mass is 9.88. The molecular formula is C26H38O5. The van der Waals surface area contributed by atoms with Gasteiger partial charge in [0.2, 0.25) is 0 Å². The molecule has 0 aliphatic heterocycles. The third kappa shape index (κ3) is 8.96. The molecule has 1 fully saturated rings. The smallest absolute Gasteiger partial charge is 0.305 e. The van der Waals surface area contributed by atoms with Crippen molar-refractivity contribution in [3.63, 3.8) is 0 Å². The lowest BCUT2D eigenvalue weighted by Gasteiger charge is -2.20. The van der Waals surface area contributed by atoms with Gasteiger partial charge in [-0.05, 0) is 58.3 Å². The number of ether oxygens (including phenoxy) is 1. The van der Waals surface area contributed by atoms with E-state index in [1.54, 1.807) is 6.92 Å². The second-order valence-electron chi connectivity index (χ2n) is 8.93. The van der Waals surface area contributed by atoms with Gasteiger partial charge >= 0.3 is 5.97 Å². The van der Waals surface area contributed by atoms with Crippen LogP contribution < -0.4 is 0 Å². The molecule has 0 bridgehead atoms. The Balaban J connectivity index is 1.84. The van der Waals surface area contributed by atoms with Crippen LogP contribution in [0.3, 0.4) is 0 Å². The number of carbonyl (C=O) groups excluding carboxylic acids is 2. The van der Waals surface area contributed by atoms with Gasteiger partial charge in [-0.15, -0.1) is 0 Å². The summed E-state index contributed by atoms with van der Waals surface area (Å²) in [4.78, 5) is 23.4. The summed E-state index contributed by atoms with van der Waals surface area (Å²) in [5.41, 5.74) is 0.326. The number of methoxy groups -OCH3 is 1. The Morgan fingerprint density at radius 3 is 2.74 bits per heavy atom. The Hall–Kier alpha value is -1.98. The van der Waals surface area contributed by atoms with Crippen LogP contribution in [0.1, 0.15) is 71.1 Å². The van der Waals surface area contributed by atoms with Crippen LogP contribution in [-0.2, 0) is 14.3 Å². The van der Waals surface area contributed by atoms with E-state index in [9.17, 15) is 19.8 Å². The summed E-state index contributed by atoms with van der Waals surface area (Å²) in [6.07, 6.45) is 20.8. The second-order valence-corrected chi connectivity index (χ2v) is 8.93. The zero-order chi connectivity index (χ0) is 22.7. The van der Waals surface area contributed by atoms with E-state index < -0.39 is 11.7 Å². The number of esters is 1. The summed E-state index contributed by atoms with van der Waals surface area (Å²) in [5, 5.41) is 21.0. The maximum absolute atomic E-state index is 12.3. The van der Waals surface area contributed by atoms with Crippen molar-refractivity contribution in [1.29, 1.82) is 0 Å². The Morgan fingerprint density at radius 1 is 1.26 bits per heavy atom. The normalized spacial score (nSPS) is 26.6. The van der Waals surface area contributed by atoms with Crippen LogP contribution in [0, 0.1) is 11.8 Å². The van der Waals surface area contributed by atoms with Gasteiger partial charge in [0, 0.05) is 24.7 Å². The molecule has 0 unspecified atom stereocenters. The molecule has 0 radical (unpaired) electrons. The molecule has 172 valence electrons. The lowest BCUT2D eigenvalue weighted by molar-refractivity contribution is -0.140. The molecule has 31 heavy (non-hydrogen) atoms. The molecule has 2 N–H and O–H groups in total. The van der Waals surface area contributed by atoms with E-state index in [2.05, 4.69) is 10.8 Å². The highest BCUT2D eigenvalue weighted by Crippen LogP contribution is 2.34. The zero-order valence-electron chi connectivity index (χ0n) is 19.0. The van der Waals surface area contributed by atoms with Crippen LogP contribution in [0.5, 0.6) is 0 Å². The average Bonchev–Trinajstić information content (AvgIpc) is 3.02. The fourth-order valence-electron chi connectivity index (χ4n) is 4.24. The number of hydrogen-bond acceptors (Lipinski definition) is 5. The maximum Gasteiger partial charge on any atom is 0.305 e. The van der Waals surface area contributed by atoms with E-state index in [1.807, 2.05) is 36.5 Å². The molecule has 0 heterocycles. The standard InChI is InChI=1S/C26H38O5/c1-26(30,18-16-20-11-6-5-7-12-20)17-10-14-22-21(23(27)19-24(22)28)13-8-3-4-9-15-25(29)31-2/h3-4,10-11,14,16,18,21-22,24,28,30H,5-9,12-13,15,17,19H2,1-2H3/b4-3-,14-10+,18-16+/t21-,22-,24-,26-/m1/s1. The average molecular weight is 431 g/mol. The van der Waals surface area contributed by atoms with Gasteiger partial charge in [-0.25, -0.2) is 0 Å². The quantitative estimate of drug-likeness (QED) is 0.370. The van der Waals surface area contributed by atoms with Gasteiger partial charge in [0.1, 0.15) is 5.78 Å². The number of ketones is 1. The van der Waals surface area contributed by atoms with Crippen LogP contribution in [0.2, 0.25) is 0 Å². The summed E-state index contributed by atoms with van der Waals surface area (Å²) in [6.45, 7) is 1.78. The first-order valence-electron chi connectivity index (χ1n) is 11.5. The molecule has 2 aliphatic rings. The predicted octanol–water partition coefficient (Wildman–Crippen LogP) is 4.60. The summed E-state index contributed by atoms with van der Waals surface area (Å²) in [5.74, 6) is -0.549. The lowest BCUT2D eigenvalue weighted by Crippen LogP contribution is -2.21. The molecule has 0 aromatic carbocycles. The fraction of sp³-hybridized carbons (Fsp3) is 0.615. The minimum atomic E-state index is -0.958. The summed E-state index contributed by atoms with van der Waals surface area (Å²) < 4.78 is 4.61. The van der Waals surface area contributed by atoms with E-state index in [1.165, 1.54) is 25.5 Å². The molecule has 0 spiro atoms. The topological polar surface area (TPSA) is 83.8 Å². The highest BCUT2D eigenvalue weighted by Gasteiger charge is 2.39. The number of allylic oxidation sites excluding steroid dienone is 5. The zero-order valence-corrected chi connectivity index (χ0v) is 19.0. The van der Waals surface area contributed by atoms with E-state index in [0.29, 0.717) is 25.7 Å². The number of rotatable bonds is 11. The van der Waals surface area contributed by atoms with Crippen molar-refractivity contribution in [3.8, 4) is 0 Å². The van der Waals surface area contributed by atoms with Crippen LogP contribution in [0.4, 0.5) is 0 Å². The highest BCUT2D eigenvalue weighted by atomic mass is 16.5. The summed E-state index contributed by atoms with van der Waals surface area (Å²) in [6, 6.07) is 0. The molecule has 5 heteroatoms. The third-order valence-electron chi connectivity index (χ3n) is 6.16. The van der Waals surface area contributed by atoms with Gasteiger partial charge in [-0.2, -0.15) is 0 Å². The van der Waals surface area contributed by atoms with Crippen LogP contribution in [0.15, 0.2) is 48.1 Å². The molecule has 5 nitrogen and oxygen atoms in total. The Labute approximate surface area is 186 Å². The number of aliphatic hydroxyl groups is 2. The maximum atomic E-state index is 12.3. The number of Topliss-reactive ketones (excluding diaryl/α,β-unsaturated/α-hetero) is 1. The van der Waals surface area contributed by atoms with Crippen molar-refractivity contribution >= 4 is 11.8 Å². The molecule has 0 aromatic rings. The number of carbonyl (C=O) groups is 2. The molecule has 0 saturated heterocycles. The van der Waals surface area contributed by atoms with E-state index in [0.717, 1.165) is 19.3 Å². The van der Waals surface area contributed by atoms with Gasteiger partial charge in [-0.1, -0.05) is 48.1 Å². The van der Waals surface area contributed by atoms with Crippen LogP contribution in [-0.4, -0.2) is 40.8 Å². The monoisotopic (exact) mass is 430 g/mol. The molecule has 2 rings (SSSR count). The van der Waals surface area contributed by atoms with Gasteiger partial charge in [-0.3, -0.25) is 9.59 Å². The largest absolute Gasteiger partial charge is 0.469 e. The Morgan fingerprint density at radius 2 is 2.03 bits per heavy atom. The number of aliphatic hydroxyl groups excluding tert-OH is 1. The molecular weight excluding hydrogens is 392 g/mol. The van der Waals surface area contributed by atoms with E-state index in [-0.39, 0.29) is 30.0 Å². The predicted molar refractivity (Wildman–Crippen MR) is 122 cm³/mol. The molecule has 4 atom stereocenters. The molecule has 0 aromatic heterocycles. The molecule has 1 saturated carbocycles. The first kappa shape index (κ1) is 25.3. The van der Waals surface area contributed by atoms with Gasteiger partial charge in [0.05, 0.1) is 18.8 Å². The fourth-order valence-corrected chi connectivity index (χ4v) is 4.24. The second kappa shape index (κ2) is 12.8. The van der Waals surface area contributed by atoms with Crippen LogP contribution >= 0.6 is 0 Å². The number of hydrogen-bond donors (Lipinski definition) is 2. The van der Waals surface area contributed by atoms with E-state index >= 15 is 0 Å². The Bertz CT molecular complexity index is 713.